The second-order valence-corrected chi connectivity index (χ2v) is 4.81. The van der Waals surface area contributed by atoms with E-state index >= 15 is 0 Å². The lowest BCUT2D eigenvalue weighted by Crippen LogP contribution is -2.43. The molecule has 1 aliphatic rings. The Hall–Kier alpha value is -0.650. The minimum absolute atomic E-state index is 0.0576. The van der Waals surface area contributed by atoms with E-state index in [0.717, 1.165) is 26.0 Å². The molecule has 1 rings (SSSR count). The van der Waals surface area contributed by atoms with Crippen LogP contribution in [0.25, 0.3) is 0 Å². The molecule has 0 bridgehead atoms. The maximum absolute atomic E-state index is 11.8. The predicted molar refractivity (Wildman–Crippen MR) is 70.5 cm³/mol. The highest BCUT2D eigenvalue weighted by molar-refractivity contribution is 5.80. The summed E-state index contributed by atoms with van der Waals surface area (Å²) in [6.45, 7) is 8.73. The van der Waals surface area contributed by atoms with E-state index in [1.54, 1.807) is 6.92 Å². The molecule has 106 valence electrons. The SMILES string of the molecule is CCN[C@H](C)CNC(=O)C(C)OCC1CCCO1. The topological polar surface area (TPSA) is 59.6 Å². The third-order valence-corrected chi connectivity index (χ3v) is 3.06. The van der Waals surface area contributed by atoms with Gasteiger partial charge in [-0.15, -0.1) is 0 Å². The van der Waals surface area contributed by atoms with Gasteiger partial charge in [0.15, 0.2) is 0 Å². The summed E-state index contributed by atoms with van der Waals surface area (Å²) >= 11 is 0. The van der Waals surface area contributed by atoms with Crippen molar-refractivity contribution in [1.82, 2.24) is 10.6 Å². The van der Waals surface area contributed by atoms with Crippen molar-refractivity contribution in [3.8, 4) is 0 Å². The molecule has 0 spiro atoms. The highest BCUT2D eigenvalue weighted by Gasteiger charge is 2.19. The minimum Gasteiger partial charge on any atom is -0.376 e. The smallest absolute Gasteiger partial charge is 0.248 e. The minimum atomic E-state index is -0.414. The van der Waals surface area contributed by atoms with Gasteiger partial charge in [0.25, 0.3) is 0 Å². The van der Waals surface area contributed by atoms with Gasteiger partial charge in [0, 0.05) is 19.2 Å². The van der Waals surface area contributed by atoms with Crippen molar-refractivity contribution in [2.75, 3.05) is 26.3 Å². The van der Waals surface area contributed by atoms with E-state index in [4.69, 9.17) is 9.47 Å². The molecule has 2 N–H and O–H groups in total. The summed E-state index contributed by atoms with van der Waals surface area (Å²) in [5.74, 6) is -0.0576. The zero-order chi connectivity index (χ0) is 13.4. The molecule has 1 amide bonds. The summed E-state index contributed by atoms with van der Waals surface area (Å²) in [6, 6.07) is 0.282. The summed E-state index contributed by atoms with van der Waals surface area (Å²) in [5, 5.41) is 6.12. The number of hydrogen-bond donors (Lipinski definition) is 2. The Labute approximate surface area is 110 Å². The van der Waals surface area contributed by atoms with Crippen LogP contribution in [0, 0.1) is 0 Å². The molecule has 0 aromatic rings. The summed E-state index contributed by atoms with van der Waals surface area (Å²) in [5.41, 5.74) is 0. The summed E-state index contributed by atoms with van der Waals surface area (Å²) in [4.78, 5) is 11.8. The van der Waals surface area contributed by atoms with E-state index in [-0.39, 0.29) is 18.1 Å². The highest BCUT2D eigenvalue weighted by Crippen LogP contribution is 2.12. The van der Waals surface area contributed by atoms with Gasteiger partial charge in [-0.25, -0.2) is 0 Å². The van der Waals surface area contributed by atoms with Crippen LogP contribution < -0.4 is 10.6 Å². The fraction of sp³-hybridized carbons (Fsp3) is 0.923. The molecule has 0 aromatic carbocycles. The van der Waals surface area contributed by atoms with Crippen LogP contribution in [0.3, 0.4) is 0 Å². The summed E-state index contributed by atoms with van der Waals surface area (Å²) < 4.78 is 11.0. The number of nitrogens with one attached hydrogen (secondary N) is 2. The Kier molecular flexibility index (Phi) is 7.23. The van der Waals surface area contributed by atoms with Crippen molar-refractivity contribution in [2.45, 2.75) is 51.9 Å². The van der Waals surface area contributed by atoms with E-state index in [2.05, 4.69) is 10.6 Å². The molecule has 1 aliphatic heterocycles. The van der Waals surface area contributed by atoms with Gasteiger partial charge in [0.05, 0.1) is 12.7 Å². The molecule has 2 unspecified atom stereocenters. The van der Waals surface area contributed by atoms with Crippen LogP contribution >= 0.6 is 0 Å². The van der Waals surface area contributed by atoms with Crippen LogP contribution in [0.15, 0.2) is 0 Å². The Morgan fingerprint density at radius 1 is 1.50 bits per heavy atom. The number of hydrogen-bond acceptors (Lipinski definition) is 4. The van der Waals surface area contributed by atoms with Crippen LogP contribution in [-0.2, 0) is 14.3 Å². The van der Waals surface area contributed by atoms with E-state index < -0.39 is 6.10 Å². The first-order valence-electron chi connectivity index (χ1n) is 6.87. The van der Waals surface area contributed by atoms with Gasteiger partial charge in [-0.3, -0.25) is 4.79 Å². The van der Waals surface area contributed by atoms with E-state index in [9.17, 15) is 4.79 Å². The third kappa shape index (κ3) is 5.80. The number of carbonyl (C=O) groups excluding carboxylic acids is 1. The molecular formula is C13H26N2O3. The lowest BCUT2D eigenvalue weighted by atomic mass is 10.2. The molecule has 0 radical (unpaired) electrons. The van der Waals surface area contributed by atoms with Crippen molar-refractivity contribution in [3.05, 3.63) is 0 Å². The molecule has 3 atom stereocenters. The number of rotatable bonds is 8. The Bertz CT molecular complexity index is 242. The van der Waals surface area contributed by atoms with Gasteiger partial charge >= 0.3 is 0 Å². The Morgan fingerprint density at radius 2 is 2.28 bits per heavy atom. The van der Waals surface area contributed by atoms with Crippen LogP contribution in [0.2, 0.25) is 0 Å². The molecule has 1 heterocycles. The molecular weight excluding hydrogens is 232 g/mol. The van der Waals surface area contributed by atoms with Crippen molar-refractivity contribution < 1.29 is 14.3 Å². The molecule has 18 heavy (non-hydrogen) atoms. The summed E-state index contributed by atoms with van der Waals surface area (Å²) in [6.07, 6.45) is 1.88. The van der Waals surface area contributed by atoms with E-state index in [0.29, 0.717) is 13.2 Å². The normalized spacial score (nSPS) is 22.7. The average Bonchev–Trinajstić information content (AvgIpc) is 2.86. The zero-order valence-electron chi connectivity index (χ0n) is 11.7. The van der Waals surface area contributed by atoms with Gasteiger partial charge in [0.1, 0.15) is 6.10 Å². The lowest BCUT2D eigenvalue weighted by Gasteiger charge is -2.18. The Morgan fingerprint density at radius 3 is 2.89 bits per heavy atom. The van der Waals surface area contributed by atoms with E-state index in [1.165, 1.54) is 0 Å². The number of likely N-dealkylation sites (N-methyl/N-ethyl adjacent to an activating group) is 1. The third-order valence-electron chi connectivity index (χ3n) is 3.06. The lowest BCUT2D eigenvalue weighted by molar-refractivity contribution is -0.133. The fourth-order valence-corrected chi connectivity index (χ4v) is 1.92. The predicted octanol–water partition coefficient (Wildman–Crippen LogP) is 0.685. The Balaban J connectivity index is 2.11. The first-order valence-corrected chi connectivity index (χ1v) is 6.87. The van der Waals surface area contributed by atoms with Gasteiger partial charge in [-0.05, 0) is 33.2 Å². The van der Waals surface area contributed by atoms with Gasteiger partial charge in [0.2, 0.25) is 5.91 Å². The van der Waals surface area contributed by atoms with Crippen molar-refractivity contribution in [3.63, 3.8) is 0 Å². The molecule has 0 saturated carbocycles. The first-order chi connectivity index (χ1) is 8.63. The average molecular weight is 258 g/mol. The molecule has 0 aliphatic carbocycles. The van der Waals surface area contributed by atoms with E-state index in [1.807, 2.05) is 13.8 Å². The fourth-order valence-electron chi connectivity index (χ4n) is 1.92. The van der Waals surface area contributed by atoms with Crippen LogP contribution in [-0.4, -0.2) is 50.5 Å². The number of carbonyl (C=O) groups is 1. The van der Waals surface area contributed by atoms with Crippen LogP contribution in [0.1, 0.15) is 33.6 Å². The highest BCUT2D eigenvalue weighted by atomic mass is 16.5. The second-order valence-electron chi connectivity index (χ2n) is 4.81. The maximum atomic E-state index is 11.8. The molecule has 5 nitrogen and oxygen atoms in total. The number of ether oxygens (including phenoxy) is 2. The summed E-state index contributed by atoms with van der Waals surface area (Å²) in [7, 11) is 0. The maximum Gasteiger partial charge on any atom is 0.248 e. The van der Waals surface area contributed by atoms with Crippen molar-refractivity contribution >= 4 is 5.91 Å². The molecule has 1 fully saturated rings. The van der Waals surface area contributed by atoms with Crippen molar-refractivity contribution in [1.29, 1.82) is 0 Å². The van der Waals surface area contributed by atoms with Gasteiger partial charge < -0.3 is 20.1 Å². The molecule has 5 heteroatoms. The second kappa shape index (κ2) is 8.45. The quantitative estimate of drug-likeness (QED) is 0.672. The van der Waals surface area contributed by atoms with Crippen LogP contribution in [0.5, 0.6) is 0 Å². The van der Waals surface area contributed by atoms with Gasteiger partial charge in [-0.1, -0.05) is 6.92 Å². The van der Waals surface area contributed by atoms with Crippen molar-refractivity contribution in [2.24, 2.45) is 0 Å². The molecule has 1 saturated heterocycles. The standard InChI is InChI=1S/C13H26N2O3/c1-4-14-10(2)8-15-13(16)11(3)18-9-12-6-5-7-17-12/h10-12,14H,4-9H2,1-3H3,(H,15,16)/t10-,11?,12?/m1/s1. The molecule has 0 aromatic heterocycles. The van der Waals surface area contributed by atoms with Gasteiger partial charge in [-0.2, -0.15) is 0 Å². The monoisotopic (exact) mass is 258 g/mol. The first kappa shape index (κ1) is 15.4. The largest absolute Gasteiger partial charge is 0.376 e. The number of amides is 1. The zero-order valence-corrected chi connectivity index (χ0v) is 11.7. The van der Waals surface area contributed by atoms with Crippen LogP contribution in [0.4, 0.5) is 0 Å².